The Kier molecular flexibility index (Phi) is 7.99. The summed E-state index contributed by atoms with van der Waals surface area (Å²) >= 11 is 3.51. The monoisotopic (exact) mass is 432 g/mol. The minimum atomic E-state index is -0.819. The van der Waals surface area contributed by atoms with Crippen LogP contribution in [-0.4, -0.2) is 11.1 Å². The first-order valence-electron chi connectivity index (χ1n) is 10.7. The predicted octanol–water partition coefficient (Wildman–Crippen LogP) is 7.03. The van der Waals surface area contributed by atoms with Crippen LogP contribution in [-0.2, 0) is 11.2 Å². The SMILES string of the molecule is O=C(O)/C=C/C[C@H]1CC[C@H]([C@H]2CC[C@H](CCc3ccc(Br)cc3)CC2)CC1. The Morgan fingerprint density at radius 2 is 1.48 bits per heavy atom. The van der Waals surface area contributed by atoms with Crippen LogP contribution >= 0.6 is 15.9 Å². The molecule has 148 valence electrons. The topological polar surface area (TPSA) is 37.3 Å². The third-order valence-electron chi connectivity index (χ3n) is 6.93. The molecule has 27 heavy (non-hydrogen) atoms. The molecule has 3 rings (SSSR count). The second-order valence-electron chi connectivity index (χ2n) is 8.70. The van der Waals surface area contributed by atoms with Crippen molar-refractivity contribution in [1.82, 2.24) is 0 Å². The van der Waals surface area contributed by atoms with E-state index in [1.165, 1.54) is 80.3 Å². The molecular formula is C24H33BrO2. The Bertz CT molecular complexity index is 606. The molecule has 2 saturated carbocycles. The van der Waals surface area contributed by atoms with Crippen LogP contribution in [0.5, 0.6) is 0 Å². The summed E-state index contributed by atoms with van der Waals surface area (Å²) in [5, 5.41) is 8.70. The van der Waals surface area contributed by atoms with E-state index in [1.807, 2.05) is 6.08 Å². The molecule has 0 aromatic heterocycles. The normalized spacial score (nSPS) is 29.1. The number of carboxylic acids is 1. The van der Waals surface area contributed by atoms with E-state index in [0.717, 1.165) is 24.2 Å². The van der Waals surface area contributed by atoms with E-state index < -0.39 is 5.97 Å². The molecule has 2 aliphatic carbocycles. The highest BCUT2D eigenvalue weighted by atomic mass is 79.9. The summed E-state index contributed by atoms with van der Waals surface area (Å²) in [4.78, 5) is 10.6. The van der Waals surface area contributed by atoms with Gasteiger partial charge in [-0.1, -0.05) is 47.0 Å². The molecule has 0 aliphatic heterocycles. The lowest BCUT2D eigenvalue weighted by molar-refractivity contribution is -0.131. The Balaban J connectivity index is 1.33. The molecule has 1 aromatic carbocycles. The molecule has 0 spiro atoms. The Hall–Kier alpha value is -1.09. The zero-order chi connectivity index (χ0) is 19.1. The van der Waals surface area contributed by atoms with E-state index in [4.69, 9.17) is 5.11 Å². The van der Waals surface area contributed by atoms with E-state index in [1.54, 1.807) is 0 Å². The zero-order valence-corrected chi connectivity index (χ0v) is 17.9. The first kappa shape index (κ1) is 20.6. The highest BCUT2D eigenvalue weighted by Gasteiger charge is 2.30. The molecule has 2 nitrogen and oxygen atoms in total. The molecule has 2 fully saturated rings. The fraction of sp³-hybridized carbons (Fsp3) is 0.625. The van der Waals surface area contributed by atoms with Gasteiger partial charge in [0.05, 0.1) is 0 Å². The van der Waals surface area contributed by atoms with Gasteiger partial charge in [0.15, 0.2) is 0 Å². The molecule has 0 unspecified atom stereocenters. The Morgan fingerprint density at radius 1 is 0.926 bits per heavy atom. The third kappa shape index (κ3) is 6.78. The van der Waals surface area contributed by atoms with Gasteiger partial charge >= 0.3 is 5.97 Å². The van der Waals surface area contributed by atoms with Crippen LogP contribution in [0, 0.1) is 23.7 Å². The smallest absolute Gasteiger partial charge is 0.327 e. The molecule has 0 saturated heterocycles. The van der Waals surface area contributed by atoms with Gasteiger partial charge in [0.25, 0.3) is 0 Å². The van der Waals surface area contributed by atoms with Gasteiger partial charge in [-0.2, -0.15) is 0 Å². The minimum absolute atomic E-state index is 0.707. The van der Waals surface area contributed by atoms with Crippen LogP contribution in [0.15, 0.2) is 40.9 Å². The molecule has 1 aromatic rings. The summed E-state index contributed by atoms with van der Waals surface area (Å²) in [6.07, 6.45) is 17.7. The molecule has 0 bridgehead atoms. The molecule has 0 amide bonds. The van der Waals surface area contributed by atoms with Crippen molar-refractivity contribution < 1.29 is 9.90 Å². The summed E-state index contributed by atoms with van der Waals surface area (Å²) < 4.78 is 1.17. The number of hydrogen-bond donors (Lipinski definition) is 1. The lowest BCUT2D eigenvalue weighted by Gasteiger charge is -2.37. The molecule has 0 heterocycles. The first-order chi connectivity index (χ1) is 13.1. The number of carbonyl (C=O) groups is 1. The molecule has 2 aliphatic rings. The van der Waals surface area contributed by atoms with Crippen LogP contribution in [0.1, 0.15) is 69.8 Å². The fourth-order valence-electron chi connectivity index (χ4n) is 5.23. The lowest BCUT2D eigenvalue weighted by atomic mass is 9.68. The maximum atomic E-state index is 10.6. The second-order valence-corrected chi connectivity index (χ2v) is 9.62. The maximum Gasteiger partial charge on any atom is 0.327 e. The van der Waals surface area contributed by atoms with Crippen molar-refractivity contribution in [3.63, 3.8) is 0 Å². The summed E-state index contributed by atoms with van der Waals surface area (Å²) in [7, 11) is 0. The number of halogens is 1. The summed E-state index contributed by atoms with van der Waals surface area (Å²) in [6.45, 7) is 0. The highest BCUT2D eigenvalue weighted by molar-refractivity contribution is 9.10. The van der Waals surface area contributed by atoms with Crippen LogP contribution in [0.25, 0.3) is 0 Å². The number of aryl methyl sites for hydroxylation is 1. The largest absolute Gasteiger partial charge is 0.478 e. The van der Waals surface area contributed by atoms with E-state index >= 15 is 0 Å². The van der Waals surface area contributed by atoms with E-state index in [2.05, 4.69) is 40.2 Å². The lowest BCUT2D eigenvalue weighted by Crippen LogP contribution is -2.26. The maximum absolute atomic E-state index is 10.6. The van der Waals surface area contributed by atoms with Crippen LogP contribution < -0.4 is 0 Å². The van der Waals surface area contributed by atoms with Gasteiger partial charge < -0.3 is 5.11 Å². The molecular weight excluding hydrogens is 400 g/mol. The van der Waals surface area contributed by atoms with Crippen molar-refractivity contribution in [3.05, 3.63) is 46.5 Å². The summed E-state index contributed by atoms with van der Waals surface area (Å²) in [5.74, 6) is 2.68. The minimum Gasteiger partial charge on any atom is -0.478 e. The first-order valence-corrected chi connectivity index (χ1v) is 11.5. The number of rotatable bonds is 7. The van der Waals surface area contributed by atoms with Crippen molar-refractivity contribution in [2.45, 2.75) is 70.6 Å². The van der Waals surface area contributed by atoms with Gasteiger partial charge in [0.2, 0.25) is 0 Å². The Morgan fingerprint density at radius 3 is 2.04 bits per heavy atom. The predicted molar refractivity (Wildman–Crippen MR) is 115 cm³/mol. The van der Waals surface area contributed by atoms with Crippen molar-refractivity contribution >= 4 is 21.9 Å². The van der Waals surface area contributed by atoms with Crippen molar-refractivity contribution in [1.29, 1.82) is 0 Å². The van der Waals surface area contributed by atoms with Gasteiger partial charge in [-0.25, -0.2) is 4.79 Å². The van der Waals surface area contributed by atoms with Crippen molar-refractivity contribution in [2.75, 3.05) is 0 Å². The number of allylic oxidation sites excluding steroid dienone is 1. The molecule has 3 heteroatoms. The molecule has 0 atom stereocenters. The summed E-state index contributed by atoms with van der Waals surface area (Å²) in [5.41, 5.74) is 1.47. The third-order valence-corrected chi connectivity index (χ3v) is 7.46. The van der Waals surface area contributed by atoms with Gasteiger partial charge in [-0.15, -0.1) is 0 Å². The fourth-order valence-corrected chi connectivity index (χ4v) is 5.49. The number of hydrogen-bond acceptors (Lipinski definition) is 1. The Labute approximate surface area is 172 Å². The quantitative estimate of drug-likeness (QED) is 0.469. The van der Waals surface area contributed by atoms with Gasteiger partial charge in [-0.3, -0.25) is 0 Å². The zero-order valence-electron chi connectivity index (χ0n) is 16.3. The van der Waals surface area contributed by atoms with Crippen LogP contribution in [0.3, 0.4) is 0 Å². The summed E-state index contributed by atoms with van der Waals surface area (Å²) in [6, 6.07) is 8.81. The van der Waals surface area contributed by atoms with E-state index in [9.17, 15) is 4.79 Å². The van der Waals surface area contributed by atoms with Crippen molar-refractivity contribution in [2.24, 2.45) is 23.7 Å². The second kappa shape index (κ2) is 10.5. The standard InChI is InChI=1S/C24H33BrO2/c25-23-16-10-20(11-17-23)5-4-19-8-14-22(15-9-19)21-12-6-18(7-13-21)2-1-3-24(26)27/h1,3,10-11,16-19,21-22H,2,4-9,12-15H2,(H,26,27)/b3-1+/t18-,19-,21-,22-. The van der Waals surface area contributed by atoms with Gasteiger partial charge in [0, 0.05) is 10.5 Å². The molecule has 0 radical (unpaired) electrons. The van der Waals surface area contributed by atoms with Gasteiger partial charge in [0.1, 0.15) is 0 Å². The van der Waals surface area contributed by atoms with E-state index in [0.29, 0.717) is 5.92 Å². The van der Waals surface area contributed by atoms with Crippen LogP contribution in [0.4, 0.5) is 0 Å². The number of carboxylic acid groups (broad SMARTS) is 1. The number of benzene rings is 1. The average Bonchev–Trinajstić information content (AvgIpc) is 2.68. The number of aliphatic carboxylic acids is 1. The molecule has 1 N–H and O–H groups in total. The van der Waals surface area contributed by atoms with Gasteiger partial charge in [-0.05, 0) is 99.2 Å². The highest BCUT2D eigenvalue weighted by Crippen LogP contribution is 2.42. The average molecular weight is 433 g/mol. The van der Waals surface area contributed by atoms with Crippen molar-refractivity contribution in [3.8, 4) is 0 Å². The van der Waals surface area contributed by atoms with Crippen LogP contribution in [0.2, 0.25) is 0 Å². The van der Waals surface area contributed by atoms with E-state index in [-0.39, 0.29) is 0 Å².